The predicted octanol–water partition coefficient (Wildman–Crippen LogP) is -2.64. The molecule has 0 aromatic heterocycles. The Morgan fingerprint density at radius 3 is 1.66 bits per heavy atom. The van der Waals surface area contributed by atoms with Crippen LogP contribution in [-0.4, -0.2) is 270 Å². The summed E-state index contributed by atoms with van der Waals surface area (Å²) in [4.78, 5) is 0. The van der Waals surface area contributed by atoms with Gasteiger partial charge in [0.05, 0.1) is 49.8 Å². The van der Waals surface area contributed by atoms with Crippen LogP contribution >= 0.6 is 0 Å². The van der Waals surface area contributed by atoms with Crippen molar-refractivity contribution in [3.8, 4) is 0 Å². The summed E-state index contributed by atoms with van der Waals surface area (Å²) in [6.07, 6.45) is -38.5. The lowest BCUT2D eigenvalue weighted by Gasteiger charge is -2.59. The first-order valence-corrected chi connectivity index (χ1v) is 32.0. The van der Waals surface area contributed by atoms with Gasteiger partial charge in [0.2, 0.25) is 0 Å². The Bertz CT molecular complexity index is 2380. The van der Waals surface area contributed by atoms with Crippen molar-refractivity contribution in [2.45, 2.75) is 285 Å². The van der Waals surface area contributed by atoms with Crippen molar-refractivity contribution in [2.75, 3.05) is 13.2 Å². The highest BCUT2D eigenvalue weighted by atomic mass is 32.3. The molecule has 0 aromatic carbocycles. The van der Waals surface area contributed by atoms with Gasteiger partial charge < -0.3 is 119 Å². The van der Waals surface area contributed by atoms with Crippen LogP contribution in [0.15, 0.2) is 11.6 Å². The third-order valence-corrected chi connectivity index (χ3v) is 21.4. The number of allylic oxidation sites excluding steroid dienone is 2. The Hall–Kier alpha value is -1.35. The molecule has 5 saturated heterocycles. The maximum atomic E-state index is 12.5. The molecule has 0 aromatic rings. The standard InChI is InChI=1S/C57H96O28S/c1-21(2)15-26(60)16-22(3)29-9-10-30-28-18-33(32-17-27(85-86(72,73)74)11-13-57(32,8)31(28)12-14-56(29,30)7)78-53-46(71)48(39(64)35(20-59)79-53)82-54-50(84-52-44(69)41(66)37(62)24(5)76-52)45(70)47(25(6)77-54)81-55-49(42(67)38(63)34(19-58)80-55)83-51-43(68)40(65)36(61)23(4)75-51/h12,21-30,32-55,58-71H,9-11,13-20H2,1-8H3,(H,72,73,74). The number of hydrogen-bond donors (Lipinski definition) is 15. The van der Waals surface area contributed by atoms with Crippen molar-refractivity contribution >= 4 is 10.4 Å². The summed E-state index contributed by atoms with van der Waals surface area (Å²) >= 11 is 0. The van der Waals surface area contributed by atoms with Crippen LogP contribution in [0, 0.1) is 46.3 Å². The first kappa shape index (κ1) is 69.0. The van der Waals surface area contributed by atoms with Gasteiger partial charge in [0.15, 0.2) is 31.5 Å². The molecular formula is C57H96O28S. The fraction of sp³-hybridized carbons (Fsp3) is 0.965. The molecule has 4 aliphatic carbocycles. The third kappa shape index (κ3) is 13.7. The van der Waals surface area contributed by atoms with Gasteiger partial charge in [-0.25, -0.2) is 4.18 Å². The van der Waals surface area contributed by atoms with Crippen LogP contribution < -0.4 is 0 Å². The Balaban J connectivity index is 1.00. The number of ether oxygens (including phenoxy) is 10. The van der Waals surface area contributed by atoms with Crippen molar-refractivity contribution in [2.24, 2.45) is 46.3 Å². The summed E-state index contributed by atoms with van der Waals surface area (Å²) in [6.45, 7) is 13.2. The second-order valence-corrected chi connectivity index (χ2v) is 28.0. The Labute approximate surface area is 501 Å². The molecule has 86 heavy (non-hydrogen) atoms. The molecule has 35 atom stereocenters. The fourth-order valence-electron chi connectivity index (χ4n) is 16.2. The average molecular weight is 1260 g/mol. The molecule has 498 valence electrons. The van der Waals surface area contributed by atoms with Crippen molar-refractivity contribution < 1.29 is 136 Å². The minimum Gasteiger partial charge on any atom is -0.394 e. The van der Waals surface area contributed by atoms with E-state index in [1.807, 2.05) is 0 Å². The quantitative estimate of drug-likeness (QED) is 0.0464. The van der Waals surface area contributed by atoms with Crippen LogP contribution in [0.2, 0.25) is 0 Å². The molecule has 3 saturated carbocycles. The van der Waals surface area contributed by atoms with Crippen LogP contribution in [-0.2, 0) is 62.0 Å². The van der Waals surface area contributed by atoms with Gasteiger partial charge in [-0.1, -0.05) is 46.3 Å². The molecule has 9 rings (SSSR count). The van der Waals surface area contributed by atoms with Crippen molar-refractivity contribution in [1.29, 1.82) is 0 Å². The van der Waals surface area contributed by atoms with Gasteiger partial charge in [0.1, 0.15) is 104 Å². The highest BCUT2D eigenvalue weighted by Gasteiger charge is 2.63. The fourth-order valence-corrected chi connectivity index (χ4v) is 16.8. The Morgan fingerprint density at radius 1 is 0.558 bits per heavy atom. The summed E-state index contributed by atoms with van der Waals surface area (Å²) in [5, 5.41) is 156. The summed E-state index contributed by atoms with van der Waals surface area (Å²) in [5.41, 5.74) is 0.432. The number of rotatable bonds is 19. The zero-order chi connectivity index (χ0) is 63.0. The normalized spacial score (nSPS) is 51.7. The topological polar surface area (TPSA) is 439 Å². The first-order valence-electron chi connectivity index (χ1n) is 30.6. The second kappa shape index (κ2) is 27.3. The zero-order valence-electron chi connectivity index (χ0n) is 49.9. The lowest BCUT2D eigenvalue weighted by molar-refractivity contribution is -0.407. The summed E-state index contributed by atoms with van der Waals surface area (Å²) in [5.74, 6) is 0.435. The van der Waals surface area contributed by atoms with Crippen LogP contribution in [0.4, 0.5) is 0 Å². The average Bonchev–Trinajstić information content (AvgIpc) is 1.29. The van der Waals surface area contributed by atoms with Gasteiger partial charge in [0.25, 0.3) is 0 Å². The zero-order valence-corrected chi connectivity index (χ0v) is 50.7. The van der Waals surface area contributed by atoms with E-state index in [4.69, 9.17) is 51.6 Å². The molecule has 0 radical (unpaired) electrons. The van der Waals surface area contributed by atoms with Crippen molar-refractivity contribution in [1.82, 2.24) is 0 Å². The van der Waals surface area contributed by atoms with Gasteiger partial charge in [-0.3, -0.25) is 4.55 Å². The highest BCUT2D eigenvalue weighted by Crippen LogP contribution is 2.67. The van der Waals surface area contributed by atoms with E-state index in [1.165, 1.54) is 26.3 Å². The molecule has 0 amide bonds. The van der Waals surface area contributed by atoms with Crippen molar-refractivity contribution in [3.63, 3.8) is 0 Å². The summed E-state index contributed by atoms with van der Waals surface area (Å²) in [7, 11) is -4.88. The van der Waals surface area contributed by atoms with Crippen molar-refractivity contribution in [3.05, 3.63) is 11.6 Å². The highest BCUT2D eigenvalue weighted by molar-refractivity contribution is 7.80. The molecule has 35 unspecified atom stereocenters. The Morgan fingerprint density at radius 2 is 1.08 bits per heavy atom. The molecule has 5 heterocycles. The maximum Gasteiger partial charge on any atom is 0.397 e. The number of fused-ring (bicyclic) bond motifs is 5. The van der Waals surface area contributed by atoms with Gasteiger partial charge in [0, 0.05) is 0 Å². The third-order valence-electron chi connectivity index (χ3n) is 20.9. The van der Waals surface area contributed by atoms with Crippen LogP contribution in [0.1, 0.15) is 113 Å². The SMILES string of the molecule is CC(C)CC(O)CC(C)C1CCC2C3CC(OC4OC(CO)C(O)C(OC5OC(C)C(OC6OC(CO)C(O)C(O)C6OC6OC(C)C(O)C(O)C6O)C(O)C5OC5OC(C)C(O)C(O)C5O)C4O)C4CC(OS(=O)(=O)O)CCC4(C)C3=CCC12C. The smallest absolute Gasteiger partial charge is 0.394 e. The lowest BCUT2D eigenvalue weighted by atomic mass is 9.47. The number of hydrogen-bond acceptors (Lipinski definition) is 27. The Kier molecular flexibility index (Phi) is 21.9. The van der Waals surface area contributed by atoms with E-state index in [0.717, 1.165) is 19.3 Å². The molecule has 0 bridgehead atoms. The van der Waals surface area contributed by atoms with E-state index in [0.29, 0.717) is 31.6 Å². The van der Waals surface area contributed by atoms with E-state index in [-0.39, 0.29) is 41.9 Å². The molecule has 9 aliphatic rings. The van der Waals surface area contributed by atoms with Gasteiger partial charge in [-0.05, 0) is 125 Å². The van der Waals surface area contributed by atoms with E-state index in [1.54, 1.807) is 0 Å². The van der Waals surface area contributed by atoms with E-state index >= 15 is 0 Å². The monoisotopic (exact) mass is 1260 g/mol. The van der Waals surface area contributed by atoms with Crippen LogP contribution in [0.5, 0.6) is 0 Å². The van der Waals surface area contributed by atoms with E-state index < -0.39 is 207 Å². The molecule has 15 N–H and O–H groups in total. The molecule has 8 fully saturated rings. The number of aliphatic hydroxyl groups is 14. The maximum absolute atomic E-state index is 12.5. The predicted molar refractivity (Wildman–Crippen MR) is 291 cm³/mol. The number of aliphatic hydroxyl groups excluding tert-OH is 14. The molecule has 28 nitrogen and oxygen atoms in total. The minimum atomic E-state index is -4.88. The first-order chi connectivity index (χ1) is 40.3. The van der Waals surface area contributed by atoms with E-state index in [2.05, 4.69) is 40.7 Å². The van der Waals surface area contributed by atoms with Gasteiger partial charge in [-0.2, -0.15) is 8.42 Å². The molecule has 5 aliphatic heterocycles. The minimum absolute atomic E-state index is 0.0586. The summed E-state index contributed by atoms with van der Waals surface area (Å²) < 4.78 is 101. The van der Waals surface area contributed by atoms with Crippen LogP contribution in [0.3, 0.4) is 0 Å². The molecular weight excluding hydrogens is 1160 g/mol. The second-order valence-electron chi connectivity index (χ2n) is 27.0. The van der Waals surface area contributed by atoms with Gasteiger partial charge >= 0.3 is 10.4 Å². The largest absolute Gasteiger partial charge is 0.397 e. The molecule has 0 spiro atoms. The van der Waals surface area contributed by atoms with Gasteiger partial charge in [-0.15, -0.1) is 0 Å². The van der Waals surface area contributed by atoms with Crippen LogP contribution in [0.25, 0.3) is 0 Å². The summed E-state index contributed by atoms with van der Waals surface area (Å²) in [6, 6.07) is 0. The lowest BCUT2D eigenvalue weighted by Crippen LogP contribution is -2.68. The van der Waals surface area contributed by atoms with E-state index in [9.17, 15) is 84.5 Å². The molecule has 29 heteroatoms.